The monoisotopic (exact) mass is 240 g/mol. The van der Waals surface area contributed by atoms with Crippen molar-refractivity contribution in [2.75, 3.05) is 7.05 Å². The highest BCUT2D eigenvalue weighted by Crippen LogP contribution is 2.34. The molecule has 18 heavy (non-hydrogen) atoms. The summed E-state index contributed by atoms with van der Waals surface area (Å²) in [5, 5.41) is 6.05. The molecular weight excluding hydrogens is 220 g/mol. The zero-order valence-electron chi connectivity index (χ0n) is 10.9. The van der Waals surface area contributed by atoms with Gasteiger partial charge < -0.3 is 5.32 Å². The van der Waals surface area contributed by atoms with E-state index in [1.807, 2.05) is 6.20 Å². The van der Waals surface area contributed by atoms with Gasteiger partial charge in [0.1, 0.15) is 0 Å². The molecule has 0 radical (unpaired) electrons. The maximum atomic E-state index is 4.66. The summed E-state index contributed by atoms with van der Waals surface area (Å²) in [4.78, 5) is 4.66. The third-order valence-corrected chi connectivity index (χ3v) is 4.23. The van der Waals surface area contributed by atoms with Crippen molar-refractivity contribution in [2.24, 2.45) is 0 Å². The van der Waals surface area contributed by atoms with Gasteiger partial charge >= 0.3 is 0 Å². The lowest BCUT2D eigenvalue weighted by molar-refractivity contribution is 0.356. The summed E-state index contributed by atoms with van der Waals surface area (Å²) in [6, 6.07) is 11.4. The predicted octanol–water partition coefficient (Wildman–Crippen LogP) is 3.48. The third-order valence-electron chi connectivity index (χ3n) is 4.23. The minimum atomic E-state index is 0.640. The van der Waals surface area contributed by atoms with Gasteiger partial charge in [-0.05, 0) is 44.2 Å². The lowest BCUT2D eigenvalue weighted by Crippen LogP contribution is -2.29. The Kier molecular flexibility index (Phi) is 3.28. The molecule has 1 aromatic heterocycles. The van der Waals surface area contributed by atoms with E-state index in [1.54, 1.807) is 0 Å². The smallest absolute Gasteiger partial charge is 0.0512 e. The van der Waals surface area contributed by atoms with Crippen LogP contribution in [0, 0.1) is 0 Å². The van der Waals surface area contributed by atoms with Crippen molar-refractivity contribution in [2.45, 2.75) is 37.6 Å². The number of pyridine rings is 1. The van der Waals surface area contributed by atoms with Crippen LogP contribution in [0.4, 0.5) is 0 Å². The van der Waals surface area contributed by atoms with Crippen molar-refractivity contribution in [3.63, 3.8) is 0 Å². The Morgan fingerprint density at radius 2 is 1.83 bits per heavy atom. The Balaban J connectivity index is 1.91. The van der Waals surface area contributed by atoms with E-state index < -0.39 is 0 Å². The number of benzene rings is 1. The molecule has 0 aliphatic heterocycles. The fourth-order valence-corrected chi connectivity index (χ4v) is 3.12. The van der Waals surface area contributed by atoms with Crippen LogP contribution in [0.3, 0.4) is 0 Å². The number of rotatable bonds is 2. The lowest BCUT2D eigenvalue weighted by Gasteiger charge is -2.28. The maximum Gasteiger partial charge on any atom is 0.0512 e. The normalized spacial score (nSPS) is 24.3. The second-order valence-corrected chi connectivity index (χ2v) is 5.25. The average molecular weight is 240 g/mol. The van der Waals surface area contributed by atoms with E-state index in [-0.39, 0.29) is 0 Å². The molecule has 2 aromatic rings. The summed E-state index contributed by atoms with van der Waals surface area (Å²) in [7, 11) is 2.07. The van der Waals surface area contributed by atoms with E-state index >= 15 is 0 Å². The fraction of sp³-hybridized carbons (Fsp3) is 0.438. The molecule has 0 atom stereocenters. The molecule has 2 heteroatoms. The molecule has 94 valence electrons. The summed E-state index contributed by atoms with van der Waals surface area (Å²) in [5.41, 5.74) is 1.31. The molecule has 1 saturated carbocycles. The second kappa shape index (κ2) is 5.07. The number of nitrogens with zero attached hydrogens (tertiary/aromatic N) is 1. The molecular formula is C16H20N2. The van der Waals surface area contributed by atoms with Crippen LogP contribution in [-0.4, -0.2) is 18.1 Å². The first-order chi connectivity index (χ1) is 8.88. The third kappa shape index (κ3) is 2.13. The van der Waals surface area contributed by atoms with Crippen molar-refractivity contribution in [1.29, 1.82) is 0 Å². The van der Waals surface area contributed by atoms with E-state index in [1.165, 1.54) is 42.1 Å². The Labute approximate surface area is 108 Å². The van der Waals surface area contributed by atoms with E-state index in [9.17, 15) is 0 Å². The molecule has 3 rings (SSSR count). The maximum absolute atomic E-state index is 4.66. The van der Waals surface area contributed by atoms with Crippen LogP contribution in [0.2, 0.25) is 0 Å². The van der Waals surface area contributed by atoms with Gasteiger partial charge in [-0.2, -0.15) is 0 Å². The Morgan fingerprint density at radius 1 is 1.06 bits per heavy atom. The molecule has 1 aromatic carbocycles. The van der Waals surface area contributed by atoms with Gasteiger partial charge in [0, 0.05) is 23.5 Å². The summed E-state index contributed by atoms with van der Waals surface area (Å²) < 4.78 is 0. The molecule has 1 aliphatic carbocycles. The topological polar surface area (TPSA) is 24.9 Å². The SMILES string of the molecule is CNC1CCC(c2nccc3ccccc23)CC1. The van der Waals surface area contributed by atoms with Crippen molar-refractivity contribution in [1.82, 2.24) is 10.3 Å². The minimum Gasteiger partial charge on any atom is -0.317 e. The van der Waals surface area contributed by atoms with Crippen LogP contribution in [0.5, 0.6) is 0 Å². The zero-order valence-corrected chi connectivity index (χ0v) is 10.9. The summed E-state index contributed by atoms with van der Waals surface area (Å²) in [6.45, 7) is 0. The highest BCUT2D eigenvalue weighted by atomic mass is 14.9. The Hall–Kier alpha value is -1.41. The molecule has 1 N–H and O–H groups in total. The number of aromatic nitrogens is 1. The predicted molar refractivity (Wildman–Crippen MR) is 75.8 cm³/mol. The fourth-order valence-electron chi connectivity index (χ4n) is 3.12. The molecule has 0 spiro atoms. The summed E-state index contributed by atoms with van der Waals surface area (Å²) in [5.74, 6) is 0.640. The second-order valence-electron chi connectivity index (χ2n) is 5.25. The van der Waals surface area contributed by atoms with Gasteiger partial charge in [0.25, 0.3) is 0 Å². The van der Waals surface area contributed by atoms with Crippen molar-refractivity contribution >= 4 is 10.8 Å². The molecule has 2 nitrogen and oxygen atoms in total. The lowest BCUT2D eigenvalue weighted by atomic mass is 9.82. The average Bonchev–Trinajstić information content (AvgIpc) is 2.47. The van der Waals surface area contributed by atoms with Crippen LogP contribution in [0.15, 0.2) is 36.5 Å². The van der Waals surface area contributed by atoms with Gasteiger partial charge in [0.05, 0.1) is 5.69 Å². The van der Waals surface area contributed by atoms with Gasteiger partial charge in [-0.3, -0.25) is 4.98 Å². The standard InChI is InChI=1S/C16H20N2/c1-17-14-8-6-13(7-9-14)16-15-5-3-2-4-12(15)10-11-18-16/h2-5,10-11,13-14,17H,6-9H2,1H3. The van der Waals surface area contributed by atoms with Gasteiger partial charge in [-0.15, -0.1) is 0 Å². The molecule has 0 amide bonds. The number of hydrogen-bond acceptors (Lipinski definition) is 2. The summed E-state index contributed by atoms with van der Waals surface area (Å²) >= 11 is 0. The largest absolute Gasteiger partial charge is 0.317 e. The van der Waals surface area contributed by atoms with Gasteiger partial charge in [-0.1, -0.05) is 24.3 Å². The highest BCUT2D eigenvalue weighted by molar-refractivity contribution is 5.84. The minimum absolute atomic E-state index is 0.640. The number of hydrogen-bond donors (Lipinski definition) is 1. The molecule has 0 unspecified atom stereocenters. The highest BCUT2D eigenvalue weighted by Gasteiger charge is 2.23. The van der Waals surface area contributed by atoms with Crippen molar-refractivity contribution < 1.29 is 0 Å². The van der Waals surface area contributed by atoms with Gasteiger partial charge in [0.15, 0.2) is 0 Å². The van der Waals surface area contributed by atoms with Crippen LogP contribution in [-0.2, 0) is 0 Å². The summed E-state index contributed by atoms with van der Waals surface area (Å²) in [6.07, 6.45) is 7.01. The van der Waals surface area contributed by atoms with Crippen molar-refractivity contribution in [3.8, 4) is 0 Å². The molecule has 1 heterocycles. The van der Waals surface area contributed by atoms with E-state index in [2.05, 4.69) is 47.7 Å². The number of nitrogens with one attached hydrogen (secondary N) is 1. The van der Waals surface area contributed by atoms with Crippen LogP contribution in [0.1, 0.15) is 37.3 Å². The van der Waals surface area contributed by atoms with E-state index in [0.29, 0.717) is 12.0 Å². The van der Waals surface area contributed by atoms with Crippen molar-refractivity contribution in [3.05, 3.63) is 42.2 Å². The van der Waals surface area contributed by atoms with E-state index in [0.717, 1.165) is 0 Å². The first kappa shape index (κ1) is 11.7. The first-order valence-electron chi connectivity index (χ1n) is 6.89. The van der Waals surface area contributed by atoms with Gasteiger partial charge in [-0.25, -0.2) is 0 Å². The molecule has 0 saturated heterocycles. The van der Waals surface area contributed by atoms with Gasteiger partial charge in [0.2, 0.25) is 0 Å². The van der Waals surface area contributed by atoms with Crippen LogP contribution < -0.4 is 5.32 Å². The first-order valence-corrected chi connectivity index (χ1v) is 6.89. The number of fused-ring (bicyclic) bond motifs is 1. The Morgan fingerprint density at radius 3 is 2.61 bits per heavy atom. The Bertz CT molecular complexity index is 522. The van der Waals surface area contributed by atoms with E-state index in [4.69, 9.17) is 0 Å². The zero-order chi connectivity index (χ0) is 12.4. The molecule has 0 bridgehead atoms. The van der Waals surface area contributed by atoms with Crippen LogP contribution >= 0.6 is 0 Å². The quantitative estimate of drug-likeness (QED) is 0.869. The van der Waals surface area contributed by atoms with Crippen LogP contribution in [0.25, 0.3) is 10.8 Å². The molecule has 1 aliphatic rings. The molecule has 1 fully saturated rings.